The topological polar surface area (TPSA) is 88.1 Å². The van der Waals surface area contributed by atoms with Crippen molar-refractivity contribution in [2.24, 2.45) is 0 Å². The average molecular weight is 293 g/mol. The summed E-state index contributed by atoms with van der Waals surface area (Å²) in [5.74, 6) is 0.510. The molecule has 0 radical (unpaired) electrons. The highest BCUT2D eigenvalue weighted by Gasteiger charge is 2.28. The van der Waals surface area contributed by atoms with Gasteiger partial charge in [0.25, 0.3) is 0 Å². The molecule has 2 heterocycles. The fraction of sp³-hybridized carbons (Fsp3) is 0.643. The molecule has 0 spiro atoms. The quantitative estimate of drug-likeness (QED) is 0.763. The van der Waals surface area contributed by atoms with E-state index in [-0.39, 0.29) is 17.9 Å². The summed E-state index contributed by atoms with van der Waals surface area (Å²) in [6, 6.07) is 1.93. The van der Waals surface area contributed by atoms with Crippen LogP contribution < -0.4 is 16.0 Å². The molecule has 1 saturated heterocycles. The first-order chi connectivity index (χ1) is 10.0. The van der Waals surface area contributed by atoms with Crippen molar-refractivity contribution in [3.8, 4) is 0 Å². The summed E-state index contributed by atoms with van der Waals surface area (Å²) >= 11 is 0. The molecule has 2 unspecified atom stereocenters. The Kier molecular flexibility index (Phi) is 4.95. The van der Waals surface area contributed by atoms with E-state index in [0.717, 1.165) is 18.5 Å². The summed E-state index contributed by atoms with van der Waals surface area (Å²) in [6.07, 6.45) is 2.38. The van der Waals surface area contributed by atoms with Gasteiger partial charge in [-0.15, -0.1) is 0 Å². The van der Waals surface area contributed by atoms with Crippen molar-refractivity contribution in [1.29, 1.82) is 0 Å². The standard InChI is InChI=1S/C14H23N5O2/c1-4-6-10-8-13(21)17-14(15-10)19-11(7-9(3)18-19)16-12(20)5-2/h7,10,14-15H,4-6,8H2,1-3H3,(H,16,20)(H,17,21). The number of aromatic nitrogens is 2. The number of hydrogen-bond donors (Lipinski definition) is 3. The maximum absolute atomic E-state index is 11.8. The minimum Gasteiger partial charge on any atom is -0.322 e. The highest BCUT2D eigenvalue weighted by atomic mass is 16.2. The smallest absolute Gasteiger partial charge is 0.225 e. The fourth-order valence-electron chi connectivity index (χ4n) is 2.46. The van der Waals surface area contributed by atoms with Gasteiger partial charge in [0.05, 0.1) is 5.69 Å². The number of hydrogen-bond acceptors (Lipinski definition) is 4. The Morgan fingerprint density at radius 1 is 1.52 bits per heavy atom. The molecule has 0 aromatic carbocycles. The van der Waals surface area contributed by atoms with E-state index in [0.29, 0.717) is 18.7 Å². The first kappa shape index (κ1) is 15.5. The second-order valence-electron chi connectivity index (χ2n) is 5.34. The summed E-state index contributed by atoms with van der Waals surface area (Å²) < 4.78 is 1.63. The minimum absolute atomic E-state index is 0.00174. The van der Waals surface area contributed by atoms with Gasteiger partial charge in [-0.2, -0.15) is 5.10 Å². The van der Waals surface area contributed by atoms with Gasteiger partial charge in [0.2, 0.25) is 11.8 Å². The summed E-state index contributed by atoms with van der Waals surface area (Å²) in [5, 5.41) is 13.4. The van der Waals surface area contributed by atoms with Crippen molar-refractivity contribution >= 4 is 17.6 Å². The lowest BCUT2D eigenvalue weighted by Gasteiger charge is -2.32. The van der Waals surface area contributed by atoms with Crippen LogP contribution in [-0.2, 0) is 9.59 Å². The molecule has 116 valence electrons. The molecule has 7 heteroatoms. The third-order valence-corrected chi connectivity index (χ3v) is 3.45. The van der Waals surface area contributed by atoms with E-state index in [9.17, 15) is 9.59 Å². The number of aryl methyl sites for hydroxylation is 1. The first-order valence-electron chi connectivity index (χ1n) is 7.44. The molecule has 21 heavy (non-hydrogen) atoms. The van der Waals surface area contributed by atoms with Gasteiger partial charge in [0.15, 0.2) is 6.29 Å². The molecule has 1 aromatic heterocycles. The molecule has 1 aliphatic rings. The van der Waals surface area contributed by atoms with Gasteiger partial charge in [-0.3, -0.25) is 14.9 Å². The number of carbonyl (C=O) groups excluding carboxylic acids is 2. The van der Waals surface area contributed by atoms with Crippen LogP contribution in [0.25, 0.3) is 0 Å². The molecule has 1 aromatic rings. The van der Waals surface area contributed by atoms with Gasteiger partial charge in [-0.05, 0) is 13.3 Å². The Hall–Kier alpha value is -1.89. The number of nitrogens with zero attached hydrogens (tertiary/aromatic N) is 2. The number of rotatable bonds is 5. The van der Waals surface area contributed by atoms with E-state index in [1.165, 1.54) is 0 Å². The van der Waals surface area contributed by atoms with Gasteiger partial charge >= 0.3 is 0 Å². The highest BCUT2D eigenvalue weighted by Crippen LogP contribution is 2.18. The summed E-state index contributed by atoms with van der Waals surface area (Å²) in [4.78, 5) is 23.4. The first-order valence-corrected chi connectivity index (χ1v) is 7.44. The maximum Gasteiger partial charge on any atom is 0.225 e. The number of anilines is 1. The molecular weight excluding hydrogens is 270 g/mol. The molecule has 2 amide bonds. The summed E-state index contributed by atoms with van der Waals surface area (Å²) in [7, 11) is 0. The Morgan fingerprint density at radius 3 is 2.95 bits per heavy atom. The predicted octanol–water partition coefficient (Wildman–Crippen LogP) is 1.27. The van der Waals surface area contributed by atoms with E-state index in [1.54, 1.807) is 17.7 Å². The molecule has 2 atom stereocenters. The van der Waals surface area contributed by atoms with Gasteiger partial charge in [0, 0.05) is 24.9 Å². The van der Waals surface area contributed by atoms with Crippen molar-refractivity contribution < 1.29 is 9.59 Å². The third-order valence-electron chi connectivity index (χ3n) is 3.45. The van der Waals surface area contributed by atoms with Gasteiger partial charge < -0.3 is 10.6 Å². The molecule has 0 aliphatic carbocycles. The lowest BCUT2D eigenvalue weighted by molar-refractivity contribution is -0.125. The molecule has 0 saturated carbocycles. The summed E-state index contributed by atoms with van der Waals surface area (Å²) in [5.41, 5.74) is 0.787. The zero-order valence-electron chi connectivity index (χ0n) is 12.8. The van der Waals surface area contributed by atoms with Crippen LogP contribution >= 0.6 is 0 Å². The van der Waals surface area contributed by atoms with Crippen LogP contribution in [-0.4, -0.2) is 27.6 Å². The van der Waals surface area contributed by atoms with Crippen LogP contribution in [0.4, 0.5) is 5.82 Å². The van der Waals surface area contributed by atoms with E-state index < -0.39 is 6.29 Å². The second-order valence-corrected chi connectivity index (χ2v) is 5.34. The van der Waals surface area contributed by atoms with Crippen LogP contribution in [0.5, 0.6) is 0 Å². The Labute approximate surface area is 124 Å². The van der Waals surface area contributed by atoms with Crippen LogP contribution in [0, 0.1) is 6.92 Å². The van der Waals surface area contributed by atoms with Crippen LogP contribution in [0.15, 0.2) is 6.07 Å². The molecule has 0 bridgehead atoms. The molecule has 3 N–H and O–H groups in total. The monoisotopic (exact) mass is 293 g/mol. The lowest BCUT2D eigenvalue weighted by atomic mass is 10.1. The van der Waals surface area contributed by atoms with E-state index in [4.69, 9.17) is 0 Å². The van der Waals surface area contributed by atoms with Crippen LogP contribution in [0.1, 0.15) is 51.5 Å². The maximum atomic E-state index is 11.8. The van der Waals surface area contributed by atoms with Crippen molar-refractivity contribution in [2.75, 3.05) is 5.32 Å². The number of carbonyl (C=O) groups is 2. The van der Waals surface area contributed by atoms with Crippen molar-refractivity contribution in [1.82, 2.24) is 20.4 Å². The lowest BCUT2D eigenvalue weighted by Crippen LogP contribution is -2.53. The normalized spacial score (nSPS) is 22.0. The number of amides is 2. The SMILES string of the molecule is CCCC1CC(=O)NC(n2nc(C)cc2NC(=O)CC)N1. The van der Waals surface area contributed by atoms with Gasteiger partial charge in [-0.25, -0.2) is 4.68 Å². The predicted molar refractivity (Wildman–Crippen MR) is 79.5 cm³/mol. The van der Waals surface area contributed by atoms with E-state index in [2.05, 4.69) is 28.0 Å². The molecule has 2 rings (SSSR count). The average Bonchev–Trinajstić information content (AvgIpc) is 2.79. The van der Waals surface area contributed by atoms with Crippen molar-refractivity contribution in [3.05, 3.63) is 11.8 Å². The molecule has 7 nitrogen and oxygen atoms in total. The zero-order chi connectivity index (χ0) is 15.4. The fourth-order valence-corrected chi connectivity index (χ4v) is 2.46. The minimum atomic E-state index is -0.427. The second kappa shape index (κ2) is 6.71. The Balaban J connectivity index is 2.19. The van der Waals surface area contributed by atoms with E-state index >= 15 is 0 Å². The largest absolute Gasteiger partial charge is 0.322 e. The Bertz CT molecular complexity index is 525. The molecule has 1 aliphatic heterocycles. The van der Waals surface area contributed by atoms with Crippen molar-refractivity contribution in [2.45, 2.75) is 58.8 Å². The summed E-state index contributed by atoms with van der Waals surface area (Å²) in [6.45, 7) is 5.74. The van der Waals surface area contributed by atoms with E-state index in [1.807, 2.05) is 6.92 Å². The van der Waals surface area contributed by atoms with Crippen LogP contribution in [0.2, 0.25) is 0 Å². The highest BCUT2D eigenvalue weighted by molar-refractivity contribution is 5.89. The van der Waals surface area contributed by atoms with Crippen LogP contribution in [0.3, 0.4) is 0 Å². The third kappa shape index (κ3) is 3.81. The number of nitrogens with one attached hydrogen (secondary N) is 3. The Morgan fingerprint density at radius 2 is 2.29 bits per heavy atom. The van der Waals surface area contributed by atoms with Crippen molar-refractivity contribution in [3.63, 3.8) is 0 Å². The van der Waals surface area contributed by atoms with Gasteiger partial charge in [0.1, 0.15) is 5.82 Å². The zero-order valence-corrected chi connectivity index (χ0v) is 12.8. The van der Waals surface area contributed by atoms with Gasteiger partial charge in [-0.1, -0.05) is 20.3 Å². The molecular formula is C14H23N5O2. The molecule has 1 fully saturated rings.